The number of nitrogens with zero attached hydrogens (tertiary/aromatic N) is 4. The van der Waals surface area contributed by atoms with Gasteiger partial charge in [0.25, 0.3) is 0 Å². The summed E-state index contributed by atoms with van der Waals surface area (Å²) in [6.07, 6.45) is 3.65. The topological polar surface area (TPSA) is 50.5 Å². The van der Waals surface area contributed by atoms with Crippen molar-refractivity contribution in [3.8, 4) is 16.9 Å². The van der Waals surface area contributed by atoms with Crippen molar-refractivity contribution in [3.05, 3.63) is 108 Å². The largest absolute Gasteiger partial charge is 0.273 e. The van der Waals surface area contributed by atoms with Crippen molar-refractivity contribution in [1.82, 2.24) is 14.8 Å². The van der Waals surface area contributed by atoms with Gasteiger partial charge in [0.2, 0.25) is 5.91 Å². The van der Waals surface area contributed by atoms with Crippen molar-refractivity contribution in [3.63, 3.8) is 0 Å². The fourth-order valence-corrected chi connectivity index (χ4v) is 4.35. The van der Waals surface area contributed by atoms with Crippen LogP contribution < -0.4 is 0 Å². The monoisotopic (exact) mass is 434 g/mol. The highest BCUT2D eigenvalue weighted by molar-refractivity contribution is 6.03. The van der Waals surface area contributed by atoms with E-state index in [-0.39, 0.29) is 11.9 Å². The lowest BCUT2D eigenvalue weighted by atomic mass is 9.95. The van der Waals surface area contributed by atoms with Crippen molar-refractivity contribution in [2.45, 2.75) is 32.7 Å². The van der Waals surface area contributed by atoms with Gasteiger partial charge in [-0.05, 0) is 35.7 Å². The molecule has 0 radical (unpaired) electrons. The molecule has 1 aliphatic rings. The van der Waals surface area contributed by atoms with Gasteiger partial charge in [-0.25, -0.2) is 9.69 Å². The van der Waals surface area contributed by atoms with Gasteiger partial charge in [0.1, 0.15) is 0 Å². The number of aromatic nitrogens is 2. The molecule has 5 nitrogen and oxygen atoms in total. The first-order valence-electron chi connectivity index (χ1n) is 11.3. The SMILES string of the molecule is CCc1cccc(C2=NN(C(C)=O)C(c3cn(-c4ccccc4)nc3-c3ccccc3)C2)c1. The molecular formula is C28H26N4O. The standard InChI is InChI=1S/C28H26N4O/c1-3-21-11-10-14-23(17-21)26-18-27(32(29-26)20(2)33)25-19-31(24-15-8-5-9-16-24)30-28(25)22-12-6-4-7-13-22/h4-17,19,27H,3,18H2,1-2H3. The lowest BCUT2D eigenvalue weighted by Crippen LogP contribution is -2.24. The smallest absolute Gasteiger partial charge is 0.240 e. The van der Waals surface area contributed by atoms with Gasteiger partial charge in [0.05, 0.1) is 23.1 Å². The third kappa shape index (κ3) is 4.10. The summed E-state index contributed by atoms with van der Waals surface area (Å²) in [6.45, 7) is 3.72. The van der Waals surface area contributed by atoms with Crippen molar-refractivity contribution in [2.24, 2.45) is 5.10 Å². The molecule has 1 aromatic heterocycles. The zero-order chi connectivity index (χ0) is 22.8. The summed E-state index contributed by atoms with van der Waals surface area (Å²) in [6, 6.07) is 28.4. The van der Waals surface area contributed by atoms with E-state index in [1.165, 1.54) is 5.56 Å². The Morgan fingerprint density at radius 2 is 1.64 bits per heavy atom. The van der Waals surface area contributed by atoms with Crippen LogP contribution in [0.3, 0.4) is 0 Å². The molecule has 1 amide bonds. The molecule has 5 rings (SSSR count). The minimum Gasteiger partial charge on any atom is -0.273 e. The minimum absolute atomic E-state index is 0.0758. The minimum atomic E-state index is -0.213. The first-order valence-corrected chi connectivity index (χ1v) is 11.3. The van der Waals surface area contributed by atoms with Gasteiger partial charge in [0.15, 0.2) is 0 Å². The highest BCUT2D eigenvalue weighted by atomic mass is 16.2. The molecule has 0 saturated carbocycles. The van der Waals surface area contributed by atoms with E-state index in [9.17, 15) is 4.79 Å². The highest BCUT2D eigenvalue weighted by Crippen LogP contribution is 2.38. The molecule has 5 heteroatoms. The van der Waals surface area contributed by atoms with Gasteiger partial charge in [-0.3, -0.25) is 4.79 Å². The maximum atomic E-state index is 12.6. The summed E-state index contributed by atoms with van der Waals surface area (Å²) in [5.74, 6) is -0.0758. The van der Waals surface area contributed by atoms with E-state index in [1.807, 2.05) is 59.4 Å². The lowest BCUT2D eigenvalue weighted by Gasteiger charge is -2.20. The number of amides is 1. The second-order valence-electron chi connectivity index (χ2n) is 8.26. The van der Waals surface area contributed by atoms with Crippen molar-refractivity contribution < 1.29 is 4.79 Å². The van der Waals surface area contributed by atoms with Crippen molar-refractivity contribution in [2.75, 3.05) is 0 Å². The van der Waals surface area contributed by atoms with E-state index in [2.05, 4.69) is 43.3 Å². The van der Waals surface area contributed by atoms with Crippen LogP contribution in [-0.4, -0.2) is 26.4 Å². The zero-order valence-electron chi connectivity index (χ0n) is 18.8. The zero-order valence-corrected chi connectivity index (χ0v) is 18.8. The van der Waals surface area contributed by atoms with Crippen LogP contribution in [0.4, 0.5) is 0 Å². The molecule has 164 valence electrons. The molecule has 0 fully saturated rings. The Hall–Kier alpha value is -3.99. The molecule has 2 heterocycles. The Bertz CT molecular complexity index is 1310. The number of benzene rings is 3. The number of rotatable bonds is 5. The molecule has 0 aliphatic carbocycles. The molecule has 0 saturated heterocycles. The van der Waals surface area contributed by atoms with Crippen LogP contribution in [0.5, 0.6) is 0 Å². The molecule has 1 unspecified atom stereocenters. The predicted octanol–water partition coefficient (Wildman–Crippen LogP) is 5.80. The van der Waals surface area contributed by atoms with Crippen LogP contribution in [0.15, 0.2) is 96.2 Å². The summed E-state index contributed by atoms with van der Waals surface area (Å²) in [4.78, 5) is 12.6. The number of hydrogen-bond donors (Lipinski definition) is 0. The fourth-order valence-electron chi connectivity index (χ4n) is 4.35. The summed E-state index contributed by atoms with van der Waals surface area (Å²) in [5.41, 5.74) is 7.11. The number of para-hydroxylation sites is 1. The second-order valence-corrected chi connectivity index (χ2v) is 8.26. The molecule has 1 atom stereocenters. The Kier molecular flexibility index (Phi) is 5.61. The van der Waals surface area contributed by atoms with Crippen LogP contribution in [0, 0.1) is 0 Å². The maximum absolute atomic E-state index is 12.6. The molecule has 0 N–H and O–H groups in total. The van der Waals surface area contributed by atoms with Crippen LogP contribution in [0.2, 0.25) is 0 Å². The molecule has 3 aromatic carbocycles. The first-order chi connectivity index (χ1) is 16.1. The predicted molar refractivity (Wildman–Crippen MR) is 131 cm³/mol. The van der Waals surface area contributed by atoms with Crippen molar-refractivity contribution >= 4 is 11.6 Å². The summed E-state index contributed by atoms with van der Waals surface area (Å²) in [7, 11) is 0. The van der Waals surface area contributed by atoms with E-state index in [0.29, 0.717) is 6.42 Å². The quantitative estimate of drug-likeness (QED) is 0.399. The van der Waals surface area contributed by atoms with Crippen LogP contribution in [0.25, 0.3) is 16.9 Å². The summed E-state index contributed by atoms with van der Waals surface area (Å²) in [5, 5.41) is 11.3. The van der Waals surface area contributed by atoms with Gasteiger partial charge in [0, 0.05) is 30.7 Å². The van der Waals surface area contributed by atoms with Gasteiger partial charge < -0.3 is 0 Å². The van der Waals surface area contributed by atoms with Crippen LogP contribution >= 0.6 is 0 Å². The number of carbonyl (C=O) groups excluding carboxylic acids is 1. The molecule has 0 spiro atoms. The highest BCUT2D eigenvalue weighted by Gasteiger charge is 2.34. The van der Waals surface area contributed by atoms with Crippen LogP contribution in [0.1, 0.15) is 43.0 Å². The van der Waals surface area contributed by atoms with E-state index in [4.69, 9.17) is 10.2 Å². The van der Waals surface area contributed by atoms with Gasteiger partial charge in [-0.2, -0.15) is 10.2 Å². The maximum Gasteiger partial charge on any atom is 0.240 e. The average molecular weight is 435 g/mol. The number of hydrogen-bond acceptors (Lipinski definition) is 3. The number of aryl methyl sites for hydroxylation is 1. The number of carbonyl (C=O) groups is 1. The lowest BCUT2D eigenvalue weighted by molar-refractivity contribution is -0.130. The van der Waals surface area contributed by atoms with E-state index in [0.717, 1.165) is 40.2 Å². The number of hydrazone groups is 1. The van der Waals surface area contributed by atoms with Gasteiger partial charge in [-0.1, -0.05) is 73.7 Å². The van der Waals surface area contributed by atoms with Gasteiger partial charge >= 0.3 is 0 Å². The normalized spacial score (nSPS) is 15.5. The summed E-state index contributed by atoms with van der Waals surface area (Å²) >= 11 is 0. The first kappa shape index (κ1) is 20.9. The average Bonchev–Trinajstić information content (AvgIpc) is 3.50. The Labute approximate surface area is 194 Å². The molecular weight excluding hydrogens is 408 g/mol. The third-order valence-corrected chi connectivity index (χ3v) is 6.07. The van der Waals surface area contributed by atoms with E-state index < -0.39 is 0 Å². The Balaban J connectivity index is 1.60. The Morgan fingerprint density at radius 3 is 2.33 bits per heavy atom. The molecule has 33 heavy (non-hydrogen) atoms. The van der Waals surface area contributed by atoms with Crippen LogP contribution in [-0.2, 0) is 11.2 Å². The van der Waals surface area contributed by atoms with Crippen molar-refractivity contribution in [1.29, 1.82) is 0 Å². The third-order valence-electron chi connectivity index (χ3n) is 6.07. The van der Waals surface area contributed by atoms with E-state index >= 15 is 0 Å². The molecule has 1 aliphatic heterocycles. The molecule has 0 bridgehead atoms. The summed E-state index contributed by atoms with van der Waals surface area (Å²) < 4.78 is 1.89. The fraction of sp³-hybridized carbons (Fsp3) is 0.179. The van der Waals surface area contributed by atoms with Gasteiger partial charge in [-0.15, -0.1) is 0 Å². The van der Waals surface area contributed by atoms with E-state index in [1.54, 1.807) is 11.9 Å². The second kappa shape index (κ2) is 8.87. The Morgan fingerprint density at radius 1 is 0.939 bits per heavy atom. The molecule has 4 aromatic rings.